The van der Waals surface area contributed by atoms with Crippen LogP contribution >= 0.6 is 0 Å². The number of aliphatic hydroxyl groups is 1. The van der Waals surface area contributed by atoms with Gasteiger partial charge in [0.25, 0.3) is 0 Å². The number of halogens is 3. The third kappa shape index (κ3) is 4.93. The third-order valence-electron chi connectivity index (χ3n) is 4.08. The van der Waals surface area contributed by atoms with E-state index in [1.807, 2.05) is 0 Å². The summed E-state index contributed by atoms with van der Waals surface area (Å²) in [7, 11) is 0. The number of pyridine rings is 1. The third-order valence-corrected chi connectivity index (χ3v) is 4.08. The summed E-state index contributed by atoms with van der Waals surface area (Å²) < 4.78 is 40.6. The highest BCUT2D eigenvalue weighted by atomic mass is 19.4. The van der Waals surface area contributed by atoms with Gasteiger partial charge in [0.15, 0.2) is 5.82 Å². The number of alkyl halides is 3. The van der Waals surface area contributed by atoms with Gasteiger partial charge in [-0.3, -0.25) is 9.69 Å². The van der Waals surface area contributed by atoms with Crippen LogP contribution in [0.15, 0.2) is 36.5 Å². The van der Waals surface area contributed by atoms with Crippen molar-refractivity contribution in [3.8, 4) is 5.75 Å². The van der Waals surface area contributed by atoms with Crippen molar-refractivity contribution in [3.63, 3.8) is 0 Å². The highest BCUT2D eigenvalue weighted by Gasteiger charge is 2.32. The summed E-state index contributed by atoms with van der Waals surface area (Å²) >= 11 is 0. The average molecular weight is 410 g/mol. The van der Waals surface area contributed by atoms with Crippen LogP contribution in [0.4, 0.5) is 29.5 Å². The van der Waals surface area contributed by atoms with Crippen molar-refractivity contribution in [2.75, 3.05) is 23.4 Å². The maximum absolute atomic E-state index is 12.7. The van der Waals surface area contributed by atoms with E-state index in [0.29, 0.717) is 11.3 Å². The SMILES string of the molecule is Cc1cnc2c(c1)NC(=O)CN2C(=O)NC(CO)c1ccc(OC(F)(F)F)cc1. The molecule has 2 aromatic rings. The van der Waals surface area contributed by atoms with Crippen LogP contribution < -0.4 is 20.3 Å². The van der Waals surface area contributed by atoms with Gasteiger partial charge in [-0.15, -0.1) is 13.2 Å². The van der Waals surface area contributed by atoms with Crippen LogP contribution in [0.1, 0.15) is 17.2 Å². The van der Waals surface area contributed by atoms with Crippen LogP contribution in [0.5, 0.6) is 5.75 Å². The molecule has 3 amide bonds. The summed E-state index contributed by atoms with van der Waals surface area (Å²) in [6.45, 7) is 0.997. The molecule has 29 heavy (non-hydrogen) atoms. The minimum Gasteiger partial charge on any atom is -0.406 e. The zero-order valence-corrected chi connectivity index (χ0v) is 15.2. The first-order chi connectivity index (χ1) is 13.7. The molecule has 3 rings (SSSR count). The number of carbonyl (C=O) groups excluding carboxylic acids is 2. The van der Waals surface area contributed by atoms with Crippen molar-refractivity contribution >= 4 is 23.4 Å². The molecule has 0 saturated heterocycles. The first-order valence-electron chi connectivity index (χ1n) is 8.47. The summed E-state index contributed by atoms with van der Waals surface area (Å²) in [5, 5.41) is 14.8. The Labute approximate surface area is 163 Å². The van der Waals surface area contributed by atoms with E-state index in [0.717, 1.165) is 22.6 Å². The number of hydrogen-bond acceptors (Lipinski definition) is 5. The summed E-state index contributed by atoms with van der Waals surface area (Å²) in [6, 6.07) is 4.80. The van der Waals surface area contributed by atoms with Gasteiger partial charge < -0.3 is 20.5 Å². The molecule has 1 aromatic carbocycles. The van der Waals surface area contributed by atoms with E-state index in [2.05, 4.69) is 20.4 Å². The van der Waals surface area contributed by atoms with E-state index >= 15 is 0 Å². The molecule has 154 valence electrons. The van der Waals surface area contributed by atoms with Crippen molar-refractivity contribution in [3.05, 3.63) is 47.7 Å². The van der Waals surface area contributed by atoms with E-state index < -0.39 is 36.7 Å². The second kappa shape index (κ2) is 7.95. The quantitative estimate of drug-likeness (QED) is 0.719. The molecule has 1 aliphatic rings. The standard InChI is InChI=1S/C18H17F3N4O4/c1-10-6-13-16(22-7-10)25(8-15(27)23-13)17(28)24-14(9-26)11-2-4-12(5-3-11)29-18(19,20)21/h2-7,14,26H,8-9H2,1H3,(H,23,27)(H,24,28). The molecule has 1 unspecified atom stereocenters. The predicted molar refractivity (Wildman–Crippen MR) is 96.4 cm³/mol. The zero-order valence-electron chi connectivity index (χ0n) is 15.2. The number of benzene rings is 1. The summed E-state index contributed by atoms with van der Waals surface area (Å²) in [4.78, 5) is 29.9. The molecule has 0 saturated carbocycles. The Hall–Kier alpha value is -3.34. The fourth-order valence-corrected chi connectivity index (χ4v) is 2.81. The maximum atomic E-state index is 12.7. The molecular weight excluding hydrogens is 393 g/mol. The normalized spacial score (nSPS) is 14.7. The molecule has 8 nitrogen and oxygen atoms in total. The van der Waals surface area contributed by atoms with Gasteiger partial charge in [-0.2, -0.15) is 0 Å². The lowest BCUT2D eigenvalue weighted by Crippen LogP contribution is -2.49. The van der Waals surface area contributed by atoms with Gasteiger partial charge in [0.05, 0.1) is 18.3 Å². The van der Waals surface area contributed by atoms with Crippen LogP contribution in [0.2, 0.25) is 0 Å². The number of aliphatic hydroxyl groups excluding tert-OH is 1. The van der Waals surface area contributed by atoms with Gasteiger partial charge in [0.2, 0.25) is 5.91 Å². The average Bonchev–Trinajstić information content (AvgIpc) is 2.64. The first kappa shape index (κ1) is 20.4. The Morgan fingerprint density at radius 2 is 2.07 bits per heavy atom. The van der Waals surface area contributed by atoms with Crippen molar-refractivity contribution in [1.82, 2.24) is 10.3 Å². The number of amides is 3. The minimum absolute atomic E-state index is 0.248. The van der Waals surface area contributed by atoms with Crippen LogP contribution in [0, 0.1) is 6.92 Å². The molecule has 0 bridgehead atoms. The first-order valence-corrected chi connectivity index (χ1v) is 8.47. The second-order valence-corrected chi connectivity index (χ2v) is 6.32. The lowest BCUT2D eigenvalue weighted by atomic mass is 10.1. The number of urea groups is 1. The van der Waals surface area contributed by atoms with E-state index in [-0.39, 0.29) is 12.4 Å². The number of rotatable bonds is 4. The van der Waals surface area contributed by atoms with E-state index in [1.165, 1.54) is 12.1 Å². The summed E-state index contributed by atoms with van der Waals surface area (Å²) in [6.07, 6.45) is -3.28. The molecule has 1 aromatic heterocycles. The predicted octanol–water partition coefficient (Wildman–Crippen LogP) is 2.49. The van der Waals surface area contributed by atoms with Gasteiger partial charge in [0, 0.05) is 6.20 Å². The summed E-state index contributed by atoms with van der Waals surface area (Å²) in [5.74, 6) is -0.585. The largest absolute Gasteiger partial charge is 0.573 e. The topological polar surface area (TPSA) is 104 Å². The number of aromatic nitrogens is 1. The Morgan fingerprint density at radius 1 is 1.38 bits per heavy atom. The maximum Gasteiger partial charge on any atom is 0.573 e. The second-order valence-electron chi connectivity index (χ2n) is 6.32. The molecule has 11 heteroatoms. The van der Waals surface area contributed by atoms with Crippen LogP contribution in [-0.4, -0.2) is 41.5 Å². The monoisotopic (exact) mass is 410 g/mol. The molecule has 0 fully saturated rings. The molecule has 1 aliphatic heterocycles. The molecule has 0 spiro atoms. The van der Waals surface area contributed by atoms with E-state index in [1.54, 1.807) is 19.2 Å². The molecule has 2 heterocycles. The molecule has 1 atom stereocenters. The van der Waals surface area contributed by atoms with E-state index in [9.17, 15) is 27.9 Å². The number of fused-ring (bicyclic) bond motifs is 1. The van der Waals surface area contributed by atoms with Crippen molar-refractivity contribution in [2.45, 2.75) is 19.3 Å². The molecule has 0 radical (unpaired) electrons. The number of aryl methyl sites for hydroxylation is 1. The van der Waals surface area contributed by atoms with Gasteiger partial charge in [-0.1, -0.05) is 12.1 Å². The Bertz CT molecular complexity index is 918. The fourth-order valence-electron chi connectivity index (χ4n) is 2.81. The Morgan fingerprint density at radius 3 is 2.69 bits per heavy atom. The molecular formula is C18H17F3N4O4. The van der Waals surface area contributed by atoms with Crippen molar-refractivity contribution in [2.24, 2.45) is 0 Å². The lowest BCUT2D eigenvalue weighted by Gasteiger charge is -2.29. The van der Waals surface area contributed by atoms with Gasteiger partial charge >= 0.3 is 12.4 Å². The molecule has 0 aliphatic carbocycles. The number of carbonyl (C=O) groups is 2. The van der Waals surface area contributed by atoms with Crippen molar-refractivity contribution < 1.29 is 32.6 Å². The number of anilines is 2. The van der Waals surface area contributed by atoms with Crippen LogP contribution in [-0.2, 0) is 4.79 Å². The Kier molecular flexibility index (Phi) is 5.59. The highest BCUT2D eigenvalue weighted by Crippen LogP contribution is 2.28. The minimum atomic E-state index is -4.82. The zero-order chi connectivity index (χ0) is 21.2. The number of nitrogens with one attached hydrogen (secondary N) is 2. The van der Waals surface area contributed by atoms with Crippen LogP contribution in [0.25, 0.3) is 0 Å². The Balaban J connectivity index is 1.76. The molecule has 3 N–H and O–H groups in total. The smallest absolute Gasteiger partial charge is 0.406 e. The van der Waals surface area contributed by atoms with Crippen LogP contribution in [0.3, 0.4) is 0 Å². The number of ether oxygens (including phenoxy) is 1. The lowest BCUT2D eigenvalue weighted by molar-refractivity contribution is -0.274. The van der Waals surface area contributed by atoms with Gasteiger partial charge in [-0.25, -0.2) is 9.78 Å². The summed E-state index contributed by atoms with van der Waals surface area (Å²) in [5.41, 5.74) is 1.53. The van der Waals surface area contributed by atoms with Gasteiger partial charge in [-0.05, 0) is 36.2 Å². The highest BCUT2D eigenvalue weighted by molar-refractivity contribution is 6.08. The number of nitrogens with zero attached hydrogens (tertiary/aromatic N) is 2. The van der Waals surface area contributed by atoms with Crippen molar-refractivity contribution in [1.29, 1.82) is 0 Å². The number of hydrogen-bond donors (Lipinski definition) is 3. The van der Waals surface area contributed by atoms with Gasteiger partial charge in [0.1, 0.15) is 12.3 Å². The van der Waals surface area contributed by atoms with E-state index in [4.69, 9.17) is 0 Å². The fraction of sp³-hybridized carbons (Fsp3) is 0.278.